The average Bonchev–Trinajstić information content (AvgIpc) is 3.02. The molecule has 4 aromatic rings. The summed E-state index contributed by atoms with van der Waals surface area (Å²) in [5.74, 6) is 0. The minimum atomic E-state index is -4.24. The van der Waals surface area contributed by atoms with Crippen LogP contribution in [0.15, 0.2) is 115 Å². The molecule has 0 bridgehead atoms. The quantitative estimate of drug-likeness (QED) is 0.130. The molecule has 1 aliphatic heterocycles. The van der Waals surface area contributed by atoms with Gasteiger partial charge >= 0.3 is 35.2 Å². The first-order valence-electron chi connectivity index (χ1n) is 18.3. The Morgan fingerprint density at radius 1 is 0.304 bits per heavy atom. The van der Waals surface area contributed by atoms with Gasteiger partial charge in [0.25, 0.3) is 0 Å². The third-order valence-corrected chi connectivity index (χ3v) is 36.6. The van der Waals surface area contributed by atoms with E-state index in [1.165, 1.54) is 0 Å². The summed E-state index contributed by atoms with van der Waals surface area (Å²) < 4.78 is 65.5. The highest BCUT2D eigenvalue weighted by molar-refractivity contribution is 9.11. The molecule has 0 unspecified atom stereocenters. The third-order valence-electron chi connectivity index (χ3n) is 7.63. The second kappa shape index (κ2) is 17.5. The van der Waals surface area contributed by atoms with Crippen LogP contribution in [0, 0.1) is 0 Å². The minimum Gasteiger partial charge on any atom is -0.413 e. The predicted molar refractivity (Wildman–Crippen MR) is 260 cm³/mol. The predicted octanol–water partition coefficient (Wildman–Crippen LogP) is 9.91. The topological polar surface area (TPSA) is 73.8 Å². The number of hydrogen-bond acceptors (Lipinski definition) is 8. The molecule has 8 nitrogen and oxygen atoms in total. The van der Waals surface area contributed by atoms with Gasteiger partial charge in [0.15, 0.2) is 33.3 Å². The van der Waals surface area contributed by atoms with E-state index in [1.807, 2.05) is 97.1 Å². The van der Waals surface area contributed by atoms with Gasteiger partial charge in [0.2, 0.25) is 0 Å². The van der Waals surface area contributed by atoms with Crippen LogP contribution in [0.5, 0.6) is 0 Å². The Balaban J connectivity index is 2.04. The van der Waals surface area contributed by atoms with E-state index in [0.717, 1.165) is 38.6 Å². The van der Waals surface area contributed by atoms with Crippen LogP contribution < -0.4 is 20.7 Å². The largest absolute Gasteiger partial charge is 0.512 e. The van der Waals surface area contributed by atoms with Crippen molar-refractivity contribution in [3.05, 3.63) is 115 Å². The highest BCUT2D eigenvalue weighted by atomic mass is 79.9. The first-order chi connectivity index (χ1) is 25.7. The average molecular weight is 1160 g/mol. The first kappa shape index (κ1) is 47.3. The van der Waals surface area contributed by atoms with Crippen LogP contribution in [-0.4, -0.2) is 68.5 Å². The second-order valence-electron chi connectivity index (χ2n) is 17.5. The molecule has 0 aromatic heterocycles. The van der Waals surface area contributed by atoms with E-state index >= 15 is 0 Å². The van der Waals surface area contributed by atoms with Gasteiger partial charge in [0, 0.05) is 38.6 Å². The van der Waals surface area contributed by atoms with Crippen molar-refractivity contribution >= 4 is 153 Å². The number of halogens is 4. The van der Waals surface area contributed by atoms with E-state index in [4.69, 9.17) is 32.9 Å². The molecule has 0 aliphatic carbocycles. The molecule has 0 atom stereocenters. The summed E-state index contributed by atoms with van der Waals surface area (Å²) in [6.07, 6.45) is 0. The SMILES string of the molecule is C[Si](C)(C)O[Si]1(c2ccc(Br)cc2)O[Si](O[Si](C)(C)C)(c2ccc(Br)cc2)O[Si](O[Si](C)(C)C)(c2ccc(Br)cc2)O[Si](O[Si](C)(C)C)(c2ccc(Br)cc2)O1. The van der Waals surface area contributed by atoms with E-state index in [1.54, 1.807) is 0 Å². The lowest BCUT2D eigenvalue weighted by molar-refractivity contribution is 0.104. The Morgan fingerprint density at radius 2 is 0.446 bits per heavy atom. The molecular formula is C36H52Br4O8Si8. The zero-order valence-corrected chi connectivity index (χ0v) is 48.4. The lowest BCUT2D eigenvalue weighted by Crippen LogP contribution is -2.84. The Labute approximate surface area is 375 Å². The van der Waals surface area contributed by atoms with Gasteiger partial charge in [-0.3, -0.25) is 0 Å². The van der Waals surface area contributed by atoms with Gasteiger partial charge in [0.05, 0.1) is 0 Å². The Kier molecular flexibility index (Phi) is 14.8. The van der Waals surface area contributed by atoms with Crippen molar-refractivity contribution in [2.24, 2.45) is 0 Å². The Bertz CT molecular complexity index is 1660. The van der Waals surface area contributed by atoms with Crippen molar-refractivity contribution in [3.63, 3.8) is 0 Å². The number of rotatable bonds is 12. The minimum absolute atomic E-state index is 0.751. The van der Waals surface area contributed by atoms with Crippen molar-refractivity contribution in [1.29, 1.82) is 0 Å². The van der Waals surface area contributed by atoms with Crippen LogP contribution in [0.1, 0.15) is 0 Å². The maximum Gasteiger partial charge on any atom is 0.512 e. The molecule has 0 spiro atoms. The van der Waals surface area contributed by atoms with Gasteiger partial charge in [-0.05, 0) is 127 Å². The summed E-state index contributed by atoms with van der Waals surface area (Å²) in [4.78, 5) is 0. The van der Waals surface area contributed by atoms with Crippen molar-refractivity contribution in [3.8, 4) is 0 Å². The van der Waals surface area contributed by atoms with Gasteiger partial charge < -0.3 is 32.9 Å². The van der Waals surface area contributed by atoms with Crippen LogP contribution in [-0.2, 0) is 32.9 Å². The van der Waals surface area contributed by atoms with Gasteiger partial charge in [-0.15, -0.1) is 0 Å². The van der Waals surface area contributed by atoms with Crippen molar-refractivity contribution in [2.75, 3.05) is 0 Å². The zero-order chi connectivity index (χ0) is 41.6. The highest BCUT2D eigenvalue weighted by Gasteiger charge is 2.72. The smallest absolute Gasteiger partial charge is 0.413 e. The molecule has 0 saturated carbocycles. The van der Waals surface area contributed by atoms with E-state index in [-0.39, 0.29) is 0 Å². The molecule has 5 rings (SSSR count). The second-order valence-corrected chi connectivity index (χ2v) is 51.4. The summed E-state index contributed by atoms with van der Waals surface area (Å²) in [7, 11) is -27.1. The fourth-order valence-electron chi connectivity index (χ4n) is 5.89. The van der Waals surface area contributed by atoms with Crippen molar-refractivity contribution in [1.82, 2.24) is 0 Å². The first-order valence-corrected chi connectivity index (χ1v) is 42.0. The molecule has 0 amide bonds. The molecule has 4 aromatic carbocycles. The molecule has 20 heteroatoms. The van der Waals surface area contributed by atoms with Crippen LogP contribution in [0.3, 0.4) is 0 Å². The van der Waals surface area contributed by atoms with E-state index in [2.05, 4.69) is 142 Å². The van der Waals surface area contributed by atoms with Crippen LogP contribution in [0.2, 0.25) is 78.6 Å². The standard InChI is InChI=1S/C36H52Br4O8Si8/c1-49(2,3)41-53(33-21-13-29(37)14-22-33)45-54(42-50(4,5)6,34-23-15-30(38)16-24-34)47-56(44-52(10,11)12,36-27-19-32(40)20-28-36)48-55(46-53,43-51(7,8)9)35-25-17-31(39)18-26-35/h13-28H,1-12H3. The Morgan fingerprint density at radius 3 is 0.571 bits per heavy atom. The zero-order valence-electron chi connectivity index (χ0n) is 34.0. The summed E-state index contributed by atoms with van der Waals surface area (Å²) in [5.41, 5.74) is 0. The fourth-order valence-corrected chi connectivity index (χ4v) is 40.0. The van der Waals surface area contributed by atoms with E-state index in [9.17, 15) is 0 Å². The molecule has 304 valence electrons. The van der Waals surface area contributed by atoms with Gasteiger partial charge in [-0.1, -0.05) is 112 Å². The fraction of sp³-hybridized carbons (Fsp3) is 0.333. The van der Waals surface area contributed by atoms with Crippen LogP contribution in [0.25, 0.3) is 0 Å². The van der Waals surface area contributed by atoms with Crippen LogP contribution >= 0.6 is 63.7 Å². The summed E-state index contributed by atoms with van der Waals surface area (Å²) >= 11 is 14.7. The van der Waals surface area contributed by atoms with E-state index < -0.39 is 68.5 Å². The maximum absolute atomic E-state index is 7.97. The molecule has 1 saturated heterocycles. The maximum atomic E-state index is 7.97. The van der Waals surface area contributed by atoms with Gasteiger partial charge in [0.1, 0.15) is 0 Å². The third kappa shape index (κ3) is 12.2. The van der Waals surface area contributed by atoms with Crippen LogP contribution in [0.4, 0.5) is 0 Å². The lowest BCUT2D eigenvalue weighted by Gasteiger charge is -2.53. The monoisotopic (exact) mass is 1150 g/mol. The summed E-state index contributed by atoms with van der Waals surface area (Å²) in [6.45, 7) is 25.8. The molecule has 1 aliphatic rings. The van der Waals surface area contributed by atoms with Crippen molar-refractivity contribution in [2.45, 2.75) is 78.6 Å². The number of hydrogen-bond donors (Lipinski definition) is 0. The summed E-state index contributed by atoms with van der Waals surface area (Å²) in [6, 6.07) is 32.0. The van der Waals surface area contributed by atoms with Gasteiger partial charge in [-0.2, -0.15) is 0 Å². The van der Waals surface area contributed by atoms with E-state index in [0.29, 0.717) is 0 Å². The van der Waals surface area contributed by atoms with Crippen molar-refractivity contribution < 1.29 is 32.9 Å². The molecule has 0 radical (unpaired) electrons. The molecule has 1 heterocycles. The normalized spacial score (nSPS) is 25.4. The summed E-state index contributed by atoms with van der Waals surface area (Å²) in [5, 5.41) is 3.00. The lowest BCUT2D eigenvalue weighted by atomic mass is 10.4. The molecule has 56 heavy (non-hydrogen) atoms. The van der Waals surface area contributed by atoms with Gasteiger partial charge in [-0.25, -0.2) is 0 Å². The highest BCUT2D eigenvalue weighted by Crippen LogP contribution is 2.38. The number of benzene rings is 4. The molecule has 0 N–H and O–H groups in total. The Hall–Kier alpha value is 0.215. The molecular weight excluding hydrogens is 1100 g/mol. The molecule has 1 fully saturated rings.